The summed E-state index contributed by atoms with van der Waals surface area (Å²) in [5, 5.41) is 0. The van der Waals surface area contributed by atoms with Gasteiger partial charge in [-0.15, -0.1) is 6.58 Å². The Balaban J connectivity index is 2.31. The first-order valence-electron chi connectivity index (χ1n) is 3.57. The van der Waals surface area contributed by atoms with Crippen molar-refractivity contribution in [3.63, 3.8) is 0 Å². The molecule has 2 atom stereocenters. The fraction of sp³-hybridized carbons (Fsp3) is 0.750. The van der Waals surface area contributed by atoms with Crippen LogP contribution in [0.15, 0.2) is 12.7 Å². The van der Waals surface area contributed by atoms with Crippen LogP contribution in [0.4, 0.5) is 0 Å². The standard InChI is InChI=1S/C8H14O/c1-3-8-6-7(2)4-5-9-8/h3,7-8H,1,4-6H2,2H3/t7-,8-/m1/s1. The summed E-state index contributed by atoms with van der Waals surface area (Å²) in [6.45, 7) is 6.87. The lowest BCUT2D eigenvalue weighted by molar-refractivity contribution is 0.0241. The van der Waals surface area contributed by atoms with Crippen molar-refractivity contribution in [2.45, 2.75) is 25.9 Å². The van der Waals surface area contributed by atoms with E-state index in [1.165, 1.54) is 6.42 Å². The van der Waals surface area contributed by atoms with Crippen LogP contribution in [0.2, 0.25) is 0 Å². The molecule has 0 aliphatic carbocycles. The van der Waals surface area contributed by atoms with Gasteiger partial charge in [0.2, 0.25) is 0 Å². The molecular weight excluding hydrogens is 112 g/mol. The summed E-state index contributed by atoms with van der Waals surface area (Å²) in [6.07, 6.45) is 4.59. The second kappa shape index (κ2) is 3.02. The Hall–Kier alpha value is -0.300. The third-order valence-electron chi connectivity index (χ3n) is 1.84. The van der Waals surface area contributed by atoms with Crippen molar-refractivity contribution in [3.05, 3.63) is 12.7 Å². The summed E-state index contributed by atoms with van der Waals surface area (Å²) in [5.41, 5.74) is 0. The van der Waals surface area contributed by atoms with Gasteiger partial charge in [-0.1, -0.05) is 13.0 Å². The van der Waals surface area contributed by atoms with Crippen LogP contribution in [0.25, 0.3) is 0 Å². The second-order valence-electron chi connectivity index (χ2n) is 2.77. The van der Waals surface area contributed by atoms with Crippen LogP contribution in [-0.2, 0) is 4.74 Å². The number of ether oxygens (including phenoxy) is 1. The SMILES string of the molecule is C=C[C@@H]1C[C@H](C)CCO1. The summed E-state index contributed by atoms with van der Waals surface area (Å²) in [7, 11) is 0. The van der Waals surface area contributed by atoms with Crippen molar-refractivity contribution in [2.24, 2.45) is 5.92 Å². The monoisotopic (exact) mass is 126 g/mol. The molecule has 1 aliphatic heterocycles. The van der Waals surface area contributed by atoms with Crippen molar-refractivity contribution in [1.82, 2.24) is 0 Å². The smallest absolute Gasteiger partial charge is 0.0755 e. The van der Waals surface area contributed by atoms with Crippen LogP contribution in [0.5, 0.6) is 0 Å². The molecule has 0 aromatic heterocycles. The van der Waals surface area contributed by atoms with Gasteiger partial charge in [0.15, 0.2) is 0 Å². The van der Waals surface area contributed by atoms with Crippen molar-refractivity contribution in [2.75, 3.05) is 6.61 Å². The molecule has 52 valence electrons. The Morgan fingerprint density at radius 3 is 2.89 bits per heavy atom. The molecule has 0 aromatic carbocycles. The van der Waals surface area contributed by atoms with Crippen LogP contribution in [0.1, 0.15) is 19.8 Å². The van der Waals surface area contributed by atoms with Gasteiger partial charge in [0.05, 0.1) is 6.10 Å². The van der Waals surface area contributed by atoms with Gasteiger partial charge >= 0.3 is 0 Å². The molecule has 0 amide bonds. The van der Waals surface area contributed by atoms with E-state index < -0.39 is 0 Å². The van der Waals surface area contributed by atoms with Crippen LogP contribution >= 0.6 is 0 Å². The lowest BCUT2D eigenvalue weighted by atomic mass is 9.98. The van der Waals surface area contributed by atoms with Crippen molar-refractivity contribution >= 4 is 0 Å². The highest BCUT2D eigenvalue weighted by atomic mass is 16.5. The lowest BCUT2D eigenvalue weighted by Crippen LogP contribution is -2.21. The minimum absolute atomic E-state index is 0.328. The average Bonchev–Trinajstić information content (AvgIpc) is 1.88. The Labute approximate surface area is 56.7 Å². The maximum Gasteiger partial charge on any atom is 0.0755 e. The van der Waals surface area contributed by atoms with Crippen molar-refractivity contribution in [3.8, 4) is 0 Å². The van der Waals surface area contributed by atoms with E-state index in [2.05, 4.69) is 13.5 Å². The Morgan fingerprint density at radius 2 is 2.44 bits per heavy atom. The van der Waals surface area contributed by atoms with Gasteiger partial charge in [0, 0.05) is 6.61 Å². The Bertz CT molecular complexity index is 98.7. The fourth-order valence-electron chi connectivity index (χ4n) is 1.17. The van der Waals surface area contributed by atoms with E-state index in [0.29, 0.717) is 6.10 Å². The molecule has 0 saturated carbocycles. The van der Waals surface area contributed by atoms with Crippen LogP contribution in [-0.4, -0.2) is 12.7 Å². The molecule has 1 nitrogen and oxygen atoms in total. The molecule has 0 spiro atoms. The van der Waals surface area contributed by atoms with E-state index in [4.69, 9.17) is 4.74 Å². The molecule has 1 rings (SSSR count). The van der Waals surface area contributed by atoms with Gasteiger partial charge in [0.25, 0.3) is 0 Å². The number of hydrogen-bond donors (Lipinski definition) is 0. The van der Waals surface area contributed by atoms with Crippen molar-refractivity contribution in [1.29, 1.82) is 0 Å². The first-order valence-corrected chi connectivity index (χ1v) is 3.57. The van der Waals surface area contributed by atoms with E-state index in [1.54, 1.807) is 0 Å². The van der Waals surface area contributed by atoms with Gasteiger partial charge in [-0.05, 0) is 18.8 Å². The van der Waals surface area contributed by atoms with E-state index in [0.717, 1.165) is 18.9 Å². The predicted molar refractivity (Wildman–Crippen MR) is 38.3 cm³/mol. The molecule has 1 heterocycles. The fourth-order valence-corrected chi connectivity index (χ4v) is 1.17. The zero-order valence-electron chi connectivity index (χ0n) is 5.97. The molecule has 0 radical (unpaired) electrons. The highest BCUT2D eigenvalue weighted by Gasteiger charge is 2.15. The molecule has 1 heteroatoms. The molecular formula is C8H14O. The summed E-state index contributed by atoms with van der Waals surface area (Å²) >= 11 is 0. The van der Waals surface area contributed by atoms with Crippen LogP contribution in [0.3, 0.4) is 0 Å². The van der Waals surface area contributed by atoms with Crippen molar-refractivity contribution < 1.29 is 4.74 Å². The topological polar surface area (TPSA) is 9.23 Å². The van der Waals surface area contributed by atoms with E-state index in [1.807, 2.05) is 6.08 Å². The molecule has 1 saturated heterocycles. The van der Waals surface area contributed by atoms with Crippen LogP contribution in [0, 0.1) is 5.92 Å². The van der Waals surface area contributed by atoms with Gasteiger partial charge in [0.1, 0.15) is 0 Å². The molecule has 1 fully saturated rings. The second-order valence-corrected chi connectivity index (χ2v) is 2.77. The molecule has 0 bridgehead atoms. The quantitative estimate of drug-likeness (QED) is 0.488. The molecule has 9 heavy (non-hydrogen) atoms. The summed E-state index contributed by atoms with van der Waals surface area (Å²) in [4.78, 5) is 0. The number of hydrogen-bond acceptors (Lipinski definition) is 1. The Kier molecular flexibility index (Phi) is 2.29. The van der Waals surface area contributed by atoms with Gasteiger partial charge in [-0.2, -0.15) is 0 Å². The molecule has 0 aromatic rings. The minimum atomic E-state index is 0.328. The lowest BCUT2D eigenvalue weighted by Gasteiger charge is -2.24. The normalized spacial score (nSPS) is 36.1. The predicted octanol–water partition coefficient (Wildman–Crippen LogP) is 1.99. The first kappa shape index (κ1) is 6.81. The summed E-state index contributed by atoms with van der Waals surface area (Å²) in [5.74, 6) is 0.821. The summed E-state index contributed by atoms with van der Waals surface area (Å²) < 4.78 is 5.38. The molecule has 1 aliphatic rings. The van der Waals surface area contributed by atoms with Gasteiger partial charge < -0.3 is 4.74 Å². The summed E-state index contributed by atoms with van der Waals surface area (Å²) in [6, 6.07) is 0. The highest BCUT2D eigenvalue weighted by Crippen LogP contribution is 2.19. The zero-order valence-corrected chi connectivity index (χ0v) is 5.97. The van der Waals surface area contributed by atoms with Gasteiger partial charge in [-0.3, -0.25) is 0 Å². The third kappa shape index (κ3) is 1.83. The first-order chi connectivity index (χ1) is 4.33. The highest BCUT2D eigenvalue weighted by molar-refractivity contribution is 4.83. The maximum atomic E-state index is 5.38. The average molecular weight is 126 g/mol. The maximum absolute atomic E-state index is 5.38. The molecule has 0 N–H and O–H groups in total. The van der Waals surface area contributed by atoms with E-state index in [9.17, 15) is 0 Å². The minimum Gasteiger partial charge on any atom is -0.374 e. The van der Waals surface area contributed by atoms with E-state index >= 15 is 0 Å². The number of rotatable bonds is 1. The largest absolute Gasteiger partial charge is 0.374 e. The van der Waals surface area contributed by atoms with Gasteiger partial charge in [-0.25, -0.2) is 0 Å². The van der Waals surface area contributed by atoms with Crippen LogP contribution < -0.4 is 0 Å². The third-order valence-corrected chi connectivity index (χ3v) is 1.84. The van der Waals surface area contributed by atoms with E-state index in [-0.39, 0.29) is 0 Å². The molecule has 0 unspecified atom stereocenters. The Morgan fingerprint density at radius 1 is 1.67 bits per heavy atom. The zero-order chi connectivity index (χ0) is 6.69.